The molecule has 1 aromatic heterocycles. The standard InChI is InChI=1S/C19H15BrN2O3/c20-12-3-1-2-11(6-12)19(23)22-15-4-5-21-9-14(15)13-7-17-18(8-16(13)22)25-10-24-17/h1-3,6-8,21H,4-5,9-10H2. The number of halogens is 1. The van der Waals surface area contributed by atoms with Gasteiger partial charge in [-0.15, -0.1) is 0 Å². The number of hydrogen-bond acceptors (Lipinski definition) is 4. The fraction of sp³-hybridized carbons (Fsp3) is 0.211. The van der Waals surface area contributed by atoms with Crippen molar-refractivity contribution in [2.24, 2.45) is 0 Å². The molecule has 0 spiro atoms. The van der Waals surface area contributed by atoms with Gasteiger partial charge in [0.15, 0.2) is 11.5 Å². The van der Waals surface area contributed by atoms with Crippen LogP contribution in [0.25, 0.3) is 10.9 Å². The van der Waals surface area contributed by atoms with Gasteiger partial charge in [-0.05, 0) is 29.8 Å². The van der Waals surface area contributed by atoms with Crippen LogP contribution in [0.3, 0.4) is 0 Å². The molecule has 5 nitrogen and oxygen atoms in total. The van der Waals surface area contributed by atoms with Crippen molar-refractivity contribution in [1.82, 2.24) is 9.88 Å². The molecule has 2 aromatic carbocycles. The first-order chi connectivity index (χ1) is 12.2. The van der Waals surface area contributed by atoms with Gasteiger partial charge in [-0.1, -0.05) is 22.0 Å². The summed E-state index contributed by atoms with van der Waals surface area (Å²) in [6.07, 6.45) is 0.816. The SMILES string of the molecule is O=C(c1cccc(Br)c1)n1c2c(c3cc4c(cc31)OCO4)CNCC2. The summed E-state index contributed by atoms with van der Waals surface area (Å²) in [5.74, 6) is 1.42. The molecule has 25 heavy (non-hydrogen) atoms. The van der Waals surface area contributed by atoms with Gasteiger partial charge in [0.2, 0.25) is 6.79 Å². The third kappa shape index (κ3) is 2.28. The van der Waals surface area contributed by atoms with Crippen LogP contribution in [0.2, 0.25) is 0 Å². The summed E-state index contributed by atoms with van der Waals surface area (Å²) in [5.41, 5.74) is 3.78. The van der Waals surface area contributed by atoms with Crippen molar-refractivity contribution in [2.75, 3.05) is 13.3 Å². The van der Waals surface area contributed by atoms with Crippen molar-refractivity contribution in [2.45, 2.75) is 13.0 Å². The van der Waals surface area contributed by atoms with Crippen LogP contribution >= 0.6 is 15.9 Å². The Hall–Kier alpha value is -2.31. The molecule has 5 rings (SSSR count). The zero-order chi connectivity index (χ0) is 17.0. The molecule has 0 atom stereocenters. The summed E-state index contributed by atoms with van der Waals surface area (Å²) >= 11 is 3.45. The van der Waals surface area contributed by atoms with Crippen molar-refractivity contribution < 1.29 is 14.3 Å². The maximum atomic E-state index is 13.3. The number of carbonyl (C=O) groups is 1. The highest BCUT2D eigenvalue weighted by molar-refractivity contribution is 9.10. The van der Waals surface area contributed by atoms with E-state index in [9.17, 15) is 4.79 Å². The Kier molecular flexibility index (Phi) is 3.36. The molecule has 0 fully saturated rings. The fourth-order valence-electron chi connectivity index (χ4n) is 3.66. The normalized spacial score (nSPS) is 15.4. The third-order valence-corrected chi connectivity index (χ3v) is 5.28. The van der Waals surface area contributed by atoms with Crippen LogP contribution in [0.5, 0.6) is 11.5 Å². The van der Waals surface area contributed by atoms with Crippen LogP contribution in [-0.4, -0.2) is 23.8 Å². The van der Waals surface area contributed by atoms with Crippen molar-refractivity contribution in [3.63, 3.8) is 0 Å². The Morgan fingerprint density at radius 1 is 1.16 bits per heavy atom. The number of hydrogen-bond donors (Lipinski definition) is 1. The Morgan fingerprint density at radius 3 is 2.84 bits per heavy atom. The number of benzene rings is 2. The quantitative estimate of drug-likeness (QED) is 0.681. The van der Waals surface area contributed by atoms with Crippen LogP contribution in [-0.2, 0) is 13.0 Å². The summed E-state index contributed by atoms with van der Waals surface area (Å²) in [6.45, 7) is 1.84. The van der Waals surface area contributed by atoms with Crippen molar-refractivity contribution >= 4 is 32.7 Å². The zero-order valence-corrected chi connectivity index (χ0v) is 14.9. The van der Waals surface area contributed by atoms with Gasteiger partial charge < -0.3 is 14.8 Å². The molecule has 1 N–H and O–H groups in total. The van der Waals surface area contributed by atoms with E-state index < -0.39 is 0 Å². The lowest BCUT2D eigenvalue weighted by Gasteiger charge is -2.16. The van der Waals surface area contributed by atoms with Crippen LogP contribution in [0.15, 0.2) is 40.9 Å². The van der Waals surface area contributed by atoms with E-state index in [0.29, 0.717) is 11.3 Å². The van der Waals surface area contributed by atoms with Gasteiger partial charge in [-0.3, -0.25) is 9.36 Å². The topological polar surface area (TPSA) is 52.5 Å². The molecule has 126 valence electrons. The second-order valence-electron chi connectivity index (χ2n) is 6.23. The minimum absolute atomic E-state index is 0.0201. The number of fused-ring (bicyclic) bond motifs is 4. The molecular formula is C19H15BrN2O3. The van der Waals surface area contributed by atoms with Crippen LogP contribution in [0.1, 0.15) is 21.6 Å². The number of ether oxygens (including phenoxy) is 2. The molecular weight excluding hydrogens is 384 g/mol. The predicted octanol–water partition coefficient (Wildman–Crippen LogP) is 3.47. The summed E-state index contributed by atoms with van der Waals surface area (Å²) in [4.78, 5) is 13.3. The zero-order valence-electron chi connectivity index (χ0n) is 13.3. The lowest BCUT2D eigenvalue weighted by Crippen LogP contribution is -2.26. The Balaban J connectivity index is 1.78. The van der Waals surface area contributed by atoms with Crippen LogP contribution < -0.4 is 14.8 Å². The van der Waals surface area contributed by atoms with Gasteiger partial charge in [0.25, 0.3) is 5.91 Å². The van der Waals surface area contributed by atoms with E-state index >= 15 is 0 Å². The number of aromatic nitrogens is 1. The lowest BCUT2D eigenvalue weighted by molar-refractivity contribution is 0.0961. The first kappa shape index (κ1) is 15.0. The fourth-order valence-corrected chi connectivity index (χ4v) is 4.06. The lowest BCUT2D eigenvalue weighted by atomic mass is 10.1. The molecule has 0 radical (unpaired) electrons. The number of carbonyl (C=O) groups excluding carboxylic acids is 1. The largest absolute Gasteiger partial charge is 0.454 e. The molecule has 2 aliphatic rings. The van der Waals surface area contributed by atoms with E-state index in [1.165, 1.54) is 5.56 Å². The molecule has 2 aliphatic heterocycles. The Bertz CT molecular complexity index is 1030. The Morgan fingerprint density at radius 2 is 2.00 bits per heavy atom. The minimum atomic E-state index is -0.0201. The highest BCUT2D eigenvalue weighted by atomic mass is 79.9. The molecule has 0 amide bonds. The third-order valence-electron chi connectivity index (χ3n) is 4.79. The number of nitrogens with zero attached hydrogens (tertiary/aromatic N) is 1. The van der Waals surface area contributed by atoms with Crippen molar-refractivity contribution in [3.8, 4) is 11.5 Å². The maximum Gasteiger partial charge on any atom is 0.262 e. The predicted molar refractivity (Wildman–Crippen MR) is 97.3 cm³/mol. The summed E-state index contributed by atoms with van der Waals surface area (Å²) in [7, 11) is 0. The van der Waals surface area contributed by atoms with E-state index in [4.69, 9.17) is 9.47 Å². The molecule has 3 aromatic rings. The summed E-state index contributed by atoms with van der Waals surface area (Å²) in [5, 5.41) is 4.45. The second kappa shape index (κ2) is 5.61. The van der Waals surface area contributed by atoms with E-state index in [1.54, 1.807) is 0 Å². The maximum absolute atomic E-state index is 13.3. The number of nitrogens with one attached hydrogen (secondary N) is 1. The molecule has 6 heteroatoms. The molecule has 0 saturated heterocycles. The molecule has 0 saturated carbocycles. The van der Waals surface area contributed by atoms with Crippen molar-refractivity contribution in [1.29, 1.82) is 0 Å². The van der Waals surface area contributed by atoms with Crippen LogP contribution in [0.4, 0.5) is 0 Å². The average Bonchev–Trinajstić information content (AvgIpc) is 3.21. The van der Waals surface area contributed by atoms with Gasteiger partial charge >= 0.3 is 0 Å². The molecule has 0 unspecified atom stereocenters. The Labute approximate surface area is 152 Å². The summed E-state index contributed by atoms with van der Waals surface area (Å²) < 4.78 is 13.8. The summed E-state index contributed by atoms with van der Waals surface area (Å²) in [6, 6.07) is 11.4. The van der Waals surface area contributed by atoms with Gasteiger partial charge in [-0.25, -0.2) is 0 Å². The smallest absolute Gasteiger partial charge is 0.262 e. The van der Waals surface area contributed by atoms with Crippen LogP contribution in [0, 0.1) is 0 Å². The van der Waals surface area contributed by atoms with Gasteiger partial charge in [0.1, 0.15) is 0 Å². The monoisotopic (exact) mass is 398 g/mol. The highest BCUT2D eigenvalue weighted by Crippen LogP contribution is 2.40. The highest BCUT2D eigenvalue weighted by Gasteiger charge is 2.27. The second-order valence-corrected chi connectivity index (χ2v) is 7.14. The first-order valence-electron chi connectivity index (χ1n) is 8.19. The molecule has 3 heterocycles. The first-order valence-corrected chi connectivity index (χ1v) is 8.98. The molecule has 0 bridgehead atoms. The average molecular weight is 399 g/mol. The number of rotatable bonds is 1. The van der Waals surface area contributed by atoms with Gasteiger partial charge in [0, 0.05) is 46.7 Å². The van der Waals surface area contributed by atoms with E-state index in [2.05, 4.69) is 21.2 Å². The van der Waals surface area contributed by atoms with Gasteiger partial charge in [-0.2, -0.15) is 0 Å². The van der Waals surface area contributed by atoms with Gasteiger partial charge in [0.05, 0.1) is 5.52 Å². The van der Waals surface area contributed by atoms with E-state index in [-0.39, 0.29) is 12.7 Å². The van der Waals surface area contributed by atoms with Crippen molar-refractivity contribution in [3.05, 3.63) is 57.7 Å². The molecule has 0 aliphatic carbocycles. The van der Waals surface area contributed by atoms with E-state index in [0.717, 1.165) is 46.3 Å². The minimum Gasteiger partial charge on any atom is -0.454 e. The van der Waals surface area contributed by atoms with E-state index in [1.807, 2.05) is 41.0 Å².